The molecule has 6 nitrogen and oxygen atoms in total. The number of hydrogen-bond acceptors (Lipinski definition) is 5. The van der Waals surface area contributed by atoms with Gasteiger partial charge in [-0.2, -0.15) is 5.10 Å². The van der Waals surface area contributed by atoms with Crippen molar-refractivity contribution in [1.29, 1.82) is 0 Å². The fourth-order valence-corrected chi connectivity index (χ4v) is 3.45. The van der Waals surface area contributed by atoms with Gasteiger partial charge >= 0.3 is 0 Å². The smallest absolute Gasteiger partial charge is 0.138 e. The lowest BCUT2D eigenvalue weighted by Crippen LogP contribution is -2.30. The molecule has 1 aromatic heterocycles. The van der Waals surface area contributed by atoms with Gasteiger partial charge in [0, 0.05) is 25.0 Å². The van der Waals surface area contributed by atoms with E-state index in [1.54, 1.807) is 11.0 Å². The molecule has 3 aromatic rings. The van der Waals surface area contributed by atoms with Crippen LogP contribution >= 0.6 is 0 Å². The fraction of sp³-hybridized carbons (Fsp3) is 0.300. The van der Waals surface area contributed by atoms with E-state index in [2.05, 4.69) is 45.3 Å². The van der Waals surface area contributed by atoms with Gasteiger partial charge in [-0.1, -0.05) is 24.3 Å². The topological polar surface area (TPSA) is 66.8 Å². The Bertz CT molecular complexity index is 847. The molecule has 3 atom stereocenters. The summed E-state index contributed by atoms with van der Waals surface area (Å²) < 4.78 is 14.9. The molecule has 1 aliphatic heterocycles. The Labute approximate surface area is 157 Å². The first-order chi connectivity index (χ1) is 13.2. The van der Waals surface area contributed by atoms with Gasteiger partial charge in [0.25, 0.3) is 0 Å². The first-order valence-corrected chi connectivity index (χ1v) is 9.13. The second-order valence-electron chi connectivity index (χ2n) is 6.88. The summed E-state index contributed by atoms with van der Waals surface area (Å²) >= 11 is 0. The van der Waals surface area contributed by atoms with E-state index in [0.717, 1.165) is 24.3 Å². The van der Waals surface area contributed by atoms with E-state index in [9.17, 15) is 4.39 Å². The summed E-state index contributed by atoms with van der Waals surface area (Å²) in [6, 6.07) is 15.4. The average molecular weight is 366 g/mol. The SMILES string of the molecule is CC(NCC1CNNC1c1ccc(F)cc1)c1ccc(-n2cncn2)cc1. The average Bonchev–Trinajstić information content (AvgIpc) is 3.39. The third-order valence-electron chi connectivity index (χ3n) is 5.08. The van der Waals surface area contributed by atoms with Gasteiger partial charge in [0.1, 0.15) is 18.5 Å². The highest BCUT2D eigenvalue weighted by Crippen LogP contribution is 2.25. The monoisotopic (exact) mass is 366 g/mol. The van der Waals surface area contributed by atoms with Crippen LogP contribution in [-0.2, 0) is 0 Å². The summed E-state index contributed by atoms with van der Waals surface area (Å²) in [5.74, 6) is 0.176. The maximum absolute atomic E-state index is 13.2. The van der Waals surface area contributed by atoms with Gasteiger partial charge in [0.15, 0.2) is 0 Å². The number of nitrogens with zero attached hydrogens (tertiary/aromatic N) is 3. The van der Waals surface area contributed by atoms with Crippen LogP contribution in [0, 0.1) is 11.7 Å². The van der Waals surface area contributed by atoms with Crippen molar-refractivity contribution in [2.45, 2.75) is 19.0 Å². The van der Waals surface area contributed by atoms with Gasteiger partial charge in [-0.3, -0.25) is 5.43 Å². The molecular weight excluding hydrogens is 343 g/mol. The molecule has 140 valence electrons. The molecule has 1 saturated heterocycles. The Hall–Kier alpha value is -2.61. The summed E-state index contributed by atoms with van der Waals surface area (Å²) in [6.45, 7) is 3.88. The van der Waals surface area contributed by atoms with Gasteiger partial charge in [-0.15, -0.1) is 0 Å². The molecule has 2 aromatic carbocycles. The summed E-state index contributed by atoms with van der Waals surface area (Å²) in [7, 11) is 0. The van der Waals surface area contributed by atoms with Crippen molar-refractivity contribution in [1.82, 2.24) is 30.9 Å². The highest BCUT2D eigenvalue weighted by molar-refractivity contribution is 5.34. The van der Waals surface area contributed by atoms with Gasteiger partial charge < -0.3 is 5.32 Å². The van der Waals surface area contributed by atoms with Crippen LogP contribution in [0.3, 0.4) is 0 Å². The first-order valence-electron chi connectivity index (χ1n) is 9.13. The van der Waals surface area contributed by atoms with Crippen molar-refractivity contribution in [2.24, 2.45) is 5.92 Å². The highest BCUT2D eigenvalue weighted by Gasteiger charge is 2.28. The molecule has 27 heavy (non-hydrogen) atoms. The molecule has 1 fully saturated rings. The molecule has 3 N–H and O–H groups in total. The fourth-order valence-electron chi connectivity index (χ4n) is 3.45. The lowest BCUT2D eigenvalue weighted by molar-refractivity contribution is 0.418. The standard InChI is InChI=1S/C20H23FN6/c1-14(15-4-8-19(9-5-15)27-13-22-12-25-27)23-10-17-11-24-26-20(17)16-2-6-18(21)7-3-16/h2-9,12-14,17,20,23-24,26H,10-11H2,1H3. The van der Waals surface area contributed by atoms with Gasteiger partial charge in [0.05, 0.1) is 11.7 Å². The van der Waals surface area contributed by atoms with Crippen LogP contribution in [0.25, 0.3) is 5.69 Å². The van der Waals surface area contributed by atoms with E-state index >= 15 is 0 Å². The molecule has 2 heterocycles. The second-order valence-corrected chi connectivity index (χ2v) is 6.88. The molecule has 1 aliphatic rings. The Morgan fingerprint density at radius 1 is 1.19 bits per heavy atom. The molecule has 0 saturated carbocycles. The Morgan fingerprint density at radius 2 is 1.96 bits per heavy atom. The van der Waals surface area contributed by atoms with Crippen molar-refractivity contribution >= 4 is 0 Å². The number of rotatable bonds is 6. The zero-order chi connectivity index (χ0) is 18.6. The molecule has 0 spiro atoms. The zero-order valence-electron chi connectivity index (χ0n) is 15.1. The van der Waals surface area contributed by atoms with Crippen molar-refractivity contribution in [3.05, 3.63) is 78.1 Å². The third kappa shape index (κ3) is 4.05. The minimum absolute atomic E-state index is 0.167. The van der Waals surface area contributed by atoms with E-state index < -0.39 is 0 Å². The molecule has 4 rings (SSSR count). The molecule has 0 radical (unpaired) electrons. The summed E-state index contributed by atoms with van der Waals surface area (Å²) in [6.07, 6.45) is 3.21. The molecule has 0 bridgehead atoms. The molecule has 0 amide bonds. The summed E-state index contributed by atoms with van der Waals surface area (Å²) in [5.41, 5.74) is 9.83. The minimum Gasteiger partial charge on any atom is -0.310 e. The van der Waals surface area contributed by atoms with Crippen LogP contribution in [0.1, 0.15) is 30.1 Å². The maximum Gasteiger partial charge on any atom is 0.138 e. The number of nitrogens with one attached hydrogen (secondary N) is 3. The highest BCUT2D eigenvalue weighted by atomic mass is 19.1. The number of hydrogen-bond donors (Lipinski definition) is 3. The second kappa shape index (κ2) is 7.96. The van der Waals surface area contributed by atoms with Crippen molar-refractivity contribution in [2.75, 3.05) is 13.1 Å². The number of hydrazine groups is 1. The number of halogens is 1. The van der Waals surface area contributed by atoms with E-state index in [0.29, 0.717) is 5.92 Å². The number of aromatic nitrogens is 3. The molecule has 0 aliphatic carbocycles. The van der Waals surface area contributed by atoms with Gasteiger partial charge in [-0.05, 0) is 42.3 Å². The molecule has 7 heteroatoms. The van der Waals surface area contributed by atoms with Crippen molar-refractivity contribution in [3.8, 4) is 5.69 Å². The Balaban J connectivity index is 1.37. The lowest BCUT2D eigenvalue weighted by atomic mass is 9.94. The number of benzene rings is 2. The first kappa shape index (κ1) is 17.8. The normalized spacial score (nSPS) is 20.7. The molecular formula is C20H23FN6. The predicted octanol–water partition coefficient (Wildman–Crippen LogP) is 2.52. The van der Waals surface area contributed by atoms with Crippen molar-refractivity contribution in [3.63, 3.8) is 0 Å². The van der Waals surface area contributed by atoms with E-state index in [1.807, 2.05) is 24.3 Å². The van der Waals surface area contributed by atoms with Crippen LogP contribution < -0.4 is 16.2 Å². The largest absolute Gasteiger partial charge is 0.310 e. The van der Waals surface area contributed by atoms with Gasteiger partial charge in [-0.25, -0.2) is 19.5 Å². The van der Waals surface area contributed by atoms with Gasteiger partial charge in [0.2, 0.25) is 0 Å². The molecule has 3 unspecified atom stereocenters. The third-order valence-corrected chi connectivity index (χ3v) is 5.08. The lowest BCUT2D eigenvalue weighted by Gasteiger charge is -2.22. The van der Waals surface area contributed by atoms with Crippen LogP contribution in [0.15, 0.2) is 61.2 Å². The maximum atomic E-state index is 13.2. The summed E-state index contributed by atoms with van der Waals surface area (Å²) in [4.78, 5) is 3.97. The Kier molecular flexibility index (Phi) is 5.24. The Morgan fingerprint density at radius 3 is 2.67 bits per heavy atom. The minimum atomic E-state index is -0.206. The summed E-state index contributed by atoms with van der Waals surface area (Å²) in [5, 5.41) is 7.76. The van der Waals surface area contributed by atoms with Crippen LogP contribution in [0.5, 0.6) is 0 Å². The van der Waals surface area contributed by atoms with Crippen molar-refractivity contribution < 1.29 is 4.39 Å². The van der Waals surface area contributed by atoms with Crippen LogP contribution in [-0.4, -0.2) is 27.9 Å². The van der Waals surface area contributed by atoms with Crippen LogP contribution in [0.2, 0.25) is 0 Å². The van der Waals surface area contributed by atoms with E-state index in [1.165, 1.54) is 24.0 Å². The quantitative estimate of drug-likeness (QED) is 0.626. The zero-order valence-corrected chi connectivity index (χ0v) is 15.1. The van der Waals surface area contributed by atoms with E-state index in [4.69, 9.17) is 0 Å². The van der Waals surface area contributed by atoms with Crippen LogP contribution in [0.4, 0.5) is 4.39 Å². The van der Waals surface area contributed by atoms with E-state index in [-0.39, 0.29) is 17.9 Å². The predicted molar refractivity (Wildman–Crippen MR) is 102 cm³/mol.